The van der Waals surface area contributed by atoms with E-state index in [0.29, 0.717) is 0 Å². The lowest BCUT2D eigenvalue weighted by Crippen LogP contribution is -2.19. The van der Waals surface area contributed by atoms with Crippen molar-refractivity contribution in [3.8, 4) is 12.3 Å². The molecule has 3 unspecified atom stereocenters. The maximum atomic E-state index is 6.10. The van der Waals surface area contributed by atoms with Crippen LogP contribution in [-0.2, 0) is 9.47 Å². The predicted molar refractivity (Wildman–Crippen MR) is 76.8 cm³/mol. The van der Waals surface area contributed by atoms with Crippen LogP contribution in [0.25, 0.3) is 0 Å². The van der Waals surface area contributed by atoms with Gasteiger partial charge in [0.15, 0.2) is 0 Å². The van der Waals surface area contributed by atoms with Crippen molar-refractivity contribution in [2.24, 2.45) is 0 Å². The quantitative estimate of drug-likeness (QED) is 0.402. The highest BCUT2D eigenvalue weighted by molar-refractivity contribution is 5.20. The fourth-order valence-corrected chi connectivity index (χ4v) is 2.20. The summed E-state index contributed by atoms with van der Waals surface area (Å²) in [6.07, 6.45) is 10.1. The van der Waals surface area contributed by atoms with Crippen molar-refractivity contribution in [1.82, 2.24) is 0 Å². The maximum absolute atomic E-state index is 6.10. The summed E-state index contributed by atoms with van der Waals surface area (Å²) in [6, 6.07) is 10.2. The van der Waals surface area contributed by atoms with Gasteiger partial charge >= 0.3 is 0 Å². The number of unbranched alkanes of at least 4 members (excludes halogenated alkanes) is 2. The zero-order valence-electron chi connectivity index (χ0n) is 11.5. The predicted octanol–water partition coefficient (Wildman–Crippen LogP) is 3.73. The molecule has 2 rings (SSSR count). The molecule has 1 aliphatic heterocycles. The van der Waals surface area contributed by atoms with Crippen LogP contribution in [0.3, 0.4) is 0 Å². The number of rotatable bonds is 8. The third-order valence-corrected chi connectivity index (χ3v) is 3.39. The van der Waals surface area contributed by atoms with Gasteiger partial charge in [0.2, 0.25) is 0 Å². The number of epoxide rings is 1. The number of hydrogen-bond acceptors (Lipinski definition) is 2. The van der Waals surface area contributed by atoms with E-state index in [9.17, 15) is 0 Å². The van der Waals surface area contributed by atoms with Gasteiger partial charge < -0.3 is 9.47 Å². The molecule has 2 heteroatoms. The van der Waals surface area contributed by atoms with Gasteiger partial charge in [-0.1, -0.05) is 56.0 Å². The normalized spacial score (nSPS) is 20.5. The van der Waals surface area contributed by atoms with Crippen molar-refractivity contribution in [1.29, 1.82) is 0 Å². The summed E-state index contributed by atoms with van der Waals surface area (Å²) in [5.41, 5.74) is 1.15. The highest BCUT2D eigenvalue weighted by Crippen LogP contribution is 2.32. The molecule has 1 aromatic rings. The van der Waals surface area contributed by atoms with E-state index in [1.807, 2.05) is 18.2 Å². The molecule has 1 aliphatic rings. The molecule has 0 N–H and O–H groups in total. The third-order valence-electron chi connectivity index (χ3n) is 3.39. The summed E-state index contributed by atoms with van der Waals surface area (Å²) < 4.78 is 11.5. The zero-order valence-corrected chi connectivity index (χ0v) is 11.5. The summed E-state index contributed by atoms with van der Waals surface area (Å²) in [5, 5.41) is 0. The molecule has 19 heavy (non-hydrogen) atoms. The van der Waals surface area contributed by atoms with Crippen molar-refractivity contribution in [2.45, 2.75) is 50.9 Å². The van der Waals surface area contributed by atoms with Crippen LogP contribution in [0.15, 0.2) is 30.3 Å². The van der Waals surface area contributed by atoms with Gasteiger partial charge in [0.05, 0.1) is 6.61 Å². The first-order valence-corrected chi connectivity index (χ1v) is 7.13. The van der Waals surface area contributed by atoms with E-state index < -0.39 is 0 Å². The Morgan fingerprint density at radius 1 is 1.37 bits per heavy atom. The van der Waals surface area contributed by atoms with Crippen LogP contribution < -0.4 is 0 Å². The standard InChI is InChI=1S/C17H22O2/c1-3-5-7-12-15(4-2)19-17(16-13-18-16)14-10-8-6-9-11-14/h2,6,8-11,15-17H,3,5,7,12-13H2,1H3. The van der Waals surface area contributed by atoms with Crippen molar-refractivity contribution in [3.63, 3.8) is 0 Å². The summed E-state index contributed by atoms with van der Waals surface area (Å²) in [5.74, 6) is 2.77. The van der Waals surface area contributed by atoms with Crippen LogP contribution in [0.2, 0.25) is 0 Å². The average Bonchev–Trinajstić information content (AvgIpc) is 3.28. The second kappa shape index (κ2) is 7.33. The van der Waals surface area contributed by atoms with Gasteiger partial charge in [0.1, 0.15) is 18.3 Å². The molecule has 3 atom stereocenters. The monoisotopic (exact) mass is 258 g/mol. The van der Waals surface area contributed by atoms with Gasteiger partial charge in [0.25, 0.3) is 0 Å². The first-order chi connectivity index (χ1) is 9.35. The lowest BCUT2D eigenvalue weighted by Gasteiger charge is -2.21. The van der Waals surface area contributed by atoms with Crippen molar-refractivity contribution >= 4 is 0 Å². The second-order valence-electron chi connectivity index (χ2n) is 4.99. The molecule has 102 valence electrons. The van der Waals surface area contributed by atoms with Gasteiger partial charge in [-0.15, -0.1) is 6.42 Å². The van der Waals surface area contributed by atoms with Gasteiger partial charge in [-0.3, -0.25) is 0 Å². The van der Waals surface area contributed by atoms with Crippen molar-refractivity contribution < 1.29 is 9.47 Å². The Balaban J connectivity index is 1.94. The molecule has 1 fully saturated rings. The molecular weight excluding hydrogens is 236 g/mol. The summed E-state index contributed by atoms with van der Waals surface area (Å²) in [4.78, 5) is 0. The minimum Gasteiger partial charge on any atom is -0.370 e. The number of terminal acetylenes is 1. The molecular formula is C17H22O2. The van der Waals surface area contributed by atoms with Crippen molar-refractivity contribution in [3.05, 3.63) is 35.9 Å². The molecule has 0 spiro atoms. The van der Waals surface area contributed by atoms with E-state index in [4.69, 9.17) is 15.9 Å². The molecule has 0 aliphatic carbocycles. The van der Waals surface area contributed by atoms with E-state index in [1.54, 1.807) is 0 Å². The van der Waals surface area contributed by atoms with E-state index in [0.717, 1.165) is 25.0 Å². The maximum Gasteiger partial charge on any atom is 0.118 e. The van der Waals surface area contributed by atoms with E-state index in [2.05, 4.69) is 25.0 Å². The second-order valence-corrected chi connectivity index (χ2v) is 4.99. The van der Waals surface area contributed by atoms with E-state index in [1.165, 1.54) is 12.8 Å². The Labute approximate surface area is 116 Å². The number of hydrogen-bond donors (Lipinski definition) is 0. The Kier molecular flexibility index (Phi) is 5.44. The van der Waals surface area contributed by atoms with Gasteiger partial charge in [-0.25, -0.2) is 0 Å². The third kappa shape index (κ3) is 4.38. The SMILES string of the molecule is C#CC(CCCCC)OC(c1ccccc1)C1CO1. The minimum absolute atomic E-state index is 0.0242. The fourth-order valence-electron chi connectivity index (χ4n) is 2.20. The van der Waals surface area contributed by atoms with Gasteiger partial charge in [0, 0.05) is 0 Å². The highest BCUT2D eigenvalue weighted by Gasteiger charge is 2.36. The lowest BCUT2D eigenvalue weighted by molar-refractivity contribution is -0.00416. The molecule has 0 bridgehead atoms. The summed E-state index contributed by atoms with van der Waals surface area (Å²) >= 11 is 0. The highest BCUT2D eigenvalue weighted by atomic mass is 16.6. The summed E-state index contributed by atoms with van der Waals surface area (Å²) in [6.45, 7) is 2.96. The zero-order chi connectivity index (χ0) is 13.5. The Hall–Kier alpha value is -1.30. The van der Waals surface area contributed by atoms with Crippen LogP contribution >= 0.6 is 0 Å². The molecule has 1 aromatic carbocycles. The van der Waals surface area contributed by atoms with E-state index >= 15 is 0 Å². The Morgan fingerprint density at radius 3 is 2.68 bits per heavy atom. The van der Waals surface area contributed by atoms with Crippen molar-refractivity contribution in [2.75, 3.05) is 6.61 Å². The number of benzene rings is 1. The molecule has 0 aromatic heterocycles. The molecule has 0 amide bonds. The molecule has 1 saturated heterocycles. The molecule has 2 nitrogen and oxygen atoms in total. The summed E-state index contributed by atoms with van der Waals surface area (Å²) in [7, 11) is 0. The average molecular weight is 258 g/mol. The smallest absolute Gasteiger partial charge is 0.118 e. The topological polar surface area (TPSA) is 21.8 Å². The van der Waals surface area contributed by atoms with E-state index in [-0.39, 0.29) is 18.3 Å². The van der Waals surface area contributed by atoms with Gasteiger partial charge in [-0.2, -0.15) is 0 Å². The molecule has 0 saturated carbocycles. The van der Waals surface area contributed by atoms with Crippen LogP contribution in [-0.4, -0.2) is 18.8 Å². The minimum atomic E-state index is -0.110. The Bertz CT molecular complexity index is 403. The lowest BCUT2D eigenvalue weighted by atomic mass is 10.1. The van der Waals surface area contributed by atoms with Crippen LogP contribution in [0.4, 0.5) is 0 Å². The number of ether oxygens (including phenoxy) is 2. The fraction of sp³-hybridized carbons (Fsp3) is 0.529. The largest absolute Gasteiger partial charge is 0.370 e. The first-order valence-electron chi connectivity index (χ1n) is 7.13. The van der Waals surface area contributed by atoms with Crippen LogP contribution in [0.1, 0.15) is 44.3 Å². The first kappa shape index (κ1) is 14.1. The van der Waals surface area contributed by atoms with Crippen LogP contribution in [0, 0.1) is 12.3 Å². The van der Waals surface area contributed by atoms with Crippen LogP contribution in [0.5, 0.6) is 0 Å². The van der Waals surface area contributed by atoms with Gasteiger partial charge in [-0.05, 0) is 18.4 Å². The Morgan fingerprint density at radius 2 is 2.11 bits per heavy atom. The molecule has 1 heterocycles. The molecule has 0 radical (unpaired) electrons.